The molecule has 1 atom stereocenters. The Morgan fingerprint density at radius 1 is 1.00 bits per heavy atom. The number of halogens is 2. The second-order valence-corrected chi connectivity index (χ2v) is 7.73. The zero-order valence-electron chi connectivity index (χ0n) is 17.0. The summed E-state index contributed by atoms with van der Waals surface area (Å²) in [5, 5.41) is 9.22. The average Bonchev–Trinajstić information content (AvgIpc) is 3.20. The zero-order chi connectivity index (χ0) is 18.9. The highest BCUT2D eigenvalue weighted by Crippen LogP contribution is 2.18. The summed E-state index contributed by atoms with van der Waals surface area (Å²) in [5.74, 6) is 0.675. The summed E-state index contributed by atoms with van der Waals surface area (Å²) in [4.78, 5) is 26.7. The van der Waals surface area contributed by atoms with Crippen molar-refractivity contribution in [3.05, 3.63) is 24.3 Å². The van der Waals surface area contributed by atoms with Gasteiger partial charge < -0.3 is 20.9 Å². The van der Waals surface area contributed by atoms with Crippen molar-refractivity contribution in [2.75, 3.05) is 43.4 Å². The summed E-state index contributed by atoms with van der Waals surface area (Å²) in [5.41, 5.74) is 1.47. The van der Waals surface area contributed by atoms with Crippen LogP contribution < -0.4 is 16.0 Å². The molecule has 2 saturated heterocycles. The molecule has 0 spiro atoms. The monoisotopic (exact) mass is 444 g/mol. The van der Waals surface area contributed by atoms with Crippen molar-refractivity contribution in [2.45, 2.75) is 44.9 Å². The van der Waals surface area contributed by atoms with E-state index in [0.29, 0.717) is 18.8 Å². The van der Waals surface area contributed by atoms with Crippen molar-refractivity contribution in [1.82, 2.24) is 10.2 Å². The molecule has 1 aromatic rings. The number of nitrogens with one attached hydrogen (secondary N) is 3. The number of hydrogen-bond donors (Lipinski definition) is 3. The number of carbonyl (C=O) groups excluding carboxylic acids is 2. The minimum Gasteiger partial charge on any atom is -0.326 e. The van der Waals surface area contributed by atoms with Gasteiger partial charge in [-0.1, -0.05) is 12.5 Å². The van der Waals surface area contributed by atoms with E-state index in [-0.39, 0.29) is 36.6 Å². The Kier molecular flexibility index (Phi) is 12.2. The minimum atomic E-state index is 0. The molecule has 3 rings (SSSR count). The van der Waals surface area contributed by atoms with Gasteiger partial charge in [0.05, 0.1) is 0 Å². The summed E-state index contributed by atoms with van der Waals surface area (Å²) < 4.78 is 0. The summed E-state index contributed by atoms with van der Waals surface area (Å²) in [6.07, 6.45) is 6.91. The van der Waals surface area contributed by atoms with E-state index in [1.54, 1.807) is 0 Å². The van der Waals surface area contributed by atoms with Crippen LogP contribution >= 0.6 is 24.8 Å². The summed E-state index contributed by atoms with van der Waals surface area (Å²) in [6.45, 7) is 5.10. The van der Waals surface area contributed by atoms with Gasteiger partial charge in [0.15, 0.2) is 0 Å². The highest BCUT2D eigenvalue weighted by atomic mass is 35.5. The fraction of sp³-hybridized carbons (Fsp3) is 0.619. The van der Waals surface area contributed by atoms with Crippen molar-refractivity contribution in [2.24, 2.45) is 5.92 Å². The zero-order valence-corrected chi connectivity index (χ0v) is 18.6. The number of rotatable bonds is 8. The van der Waals surface area contributed by atoms with Crippen LogP contribution in [0.1, 0.15) is 44.9 Å². The highest BCUT2D eigenvalue weighted by molar-refractivity contribution is 5.94. The maximum absolute atomic E-state index is 12.2. The molecular formula is C21H34Cl2N4O2. The molecule has 0 saturated carbocycles. The smallest absolute Gasteiger partial charge is 0.225 e. The van der Waals surface area contributed by atoms with E-state index in [1.165, 1.54) is 19.3 Å². The fourth-order valence-corrected chi connectivity index (χ4v) is 3.86. The van der Waals surface area contributed by atoms with E-state index in [1.807, 2.05) is 24.3 Å². The Labute approximate surface area is 186 Å². The second-order valence-electron chi connectivity index (χ2n) is 7.73. The van der Waals surface area contributed by atoms with E-state index in [9.17, 15) is 9.59 Å². The van der Waals surface area contributed by atoms with E-state index in [2.05, 4.69) is 20.9 Å². The molecule has 2 fully saturated rings. The number of carbonyl (C=O) groups is 2. The third-order valence-corrected chi connectivity index (χ3v) is 5.48. The maximum atomic E-state index is 12.2. The van der Waals surface area contributed by atoms with Crippen LogP contribution in [0.5, 0.6) is 0 Å². The summed E-state index contributed by atoms with van der Waals surface area (Å²) >= 11 is 0. The lowest BCUT2D eigenvalue weighted by Gasteiger charge is -2.25. The van der Waals surface area contributed by atoms with Gasteiger partial charge in [-0.05, 0) is 76.0 Å². The van der Waals surface area contributed by atoms with Crippen LogP contribution in [0.4, 0.5) is 11.4 Å². The lowest BCUT2D eigenvalue weighted by atomic mass is 10.0. The van der Waals surface area contributed by atoms with Crippen LogP contribution in [0.3, 0.4) is 0 Å². The Bertz CT molecular complexity index is 633. The number of hydrogen-bond acceptors (Lipinski definition) is 4. The van der Waals surface area contributed by atoms with Crippen molar-refractivity contribution in [3.63, 3.8) is 0 Å². The number of likely N-dealkylation sites (tertiary alicyclic amines) is 1. The molecule has 0 radical (unpaired) electrons. The van der Waals surface area contributed by atoms with Gasteiger partial charge >= 0.3 is 0 Å². The number of benzene rings is 1. The molecule has 0 aliphatic carbocycles. The minimum absolute atomic E-state index is 0. The predicted molar refractivity (Wildman–Crippen MR) is 123 cm³/mol. The summed E-state index contributed by atoms with van der Waals surface area (Å²) in [7, 11) is 0. The van der Waals surface area contributed by atoms with Gasteiger partial charge in [-0.25, -0.2) is 0 Å². The first-order valence-electron chi connectivity index (χ1n) is 10.3. The summed E-state index contributed by atoms with van der Waals surface area (Å²) in [6, 6.07) is 7.40. The molecule has 1 unspecified atom stereocenters. The van der Waals surface area contributed by atoms with E-state index >= 15 is 0 Å². The molecule has 0 bridgehead atoms. The van der Waals surface area contributed by atoms with Gasteiger partial charge in [-0.2, -0.15) is 0 Å². The van der Waals surface area contributed by atoms with Crippen LogP contribution in [0.25, 0.3) is 0 Å². The molecule has 6 nitrogen and oxygen atoms in total. The third-order valence-electron chi connectivity index (χ3n) is 5.48. The van der Waals surface area contributed by atoms with Crippen LogP contribution in [0, 0.1) is 5.92 Å². The van der Waals surface area contributed by atoms with Gasteiger partial charge in [0.2, 0.25) is 11.8 Å². The first-order chi connectivity index (χ1) is 13.2. The van der Waals surface area contributed by atoms with Crippen molar-refractivity contribution >= 4 is 48.0 Å². The van der Waals surface area contributed by atoms with Gasteiger partial charge in [-0.3, -0.25) is 9.59 Å². The molecule has 2 heterocycles. The molecule has 2 aliphatic heterocycles. The van der Waals surface area contributed by atoms with Gasteiger partial charge in [0.1, 0.15) is 0 Å². The van der Waals surface area contributed by atoms with Crippen molar-refractivity contribution < 1.29 is 9.59 Å². The lowest BCUT2D eigenvalue weighted by Crippen LogP contribution is -2.32. The Morgan fingerprint density at radius 3 is 2.28 bits per heavy atom. The van der Waals surface area contributed by atoms with E-state index in [4.69, 9.17) is 0 Å². The van der Waals surface area contributed by atoms with Crippen molar-refractivity contribution in [1.29, 1.82) is 0 Å². The Balaban J connectivity index is 0.00000210. The van der Waals surface area contributed by atoms with Gasteiger partial charge in [0.25, 0.3) is 0 Å². The van der Waals surface area contributed by atoms with Crippen LogP contribution in [0.2, 0.25) is 0 Å². The van der Waals surface area contributed by atoms with E-state index in [0.717, 1.165) is 56.9 Å². The van der Waals surface area contributed by atoms with Crippen LogP contribution in [-0.2, 0) is 9.59 Å². The normalized spacial score (nSPS) is 19.0. The second kappa shape index (κ2) is 13.8. The quantitative estimate of drug-likeness (QED) is 0.571. The first kappa shape index (κ1) is 25.7. The largest absolute Gasteiger partial charge is 0.326 e. The number of piperidine rings is 1. The molecule has 164 valence electrons. The predicted octanol–water partition coefficient (Wildman–Crippen LogP) is 3.67. The van der Waals surface area contributed by atoms with Gasteiger partial charge in [-0.15, -0.1) is 24.8 Å². The van der Waals surface area contributed by atoms with Crippen LogP contribution in [-0.4, -0.2) is 49.4 Å². The standard InChI is InChI=1S/C21H32N4O2.2ClH/c26-20(8-7-17-9-11-22-16-17)23-18-5-4-6-19(15-18)24-21(27)10-14-25-12-2-1-3-13-25;;/h4-6,15,17,22H,1-3,7-14,16H2,(H,23,26)(H,24,27);2*1H. The molecule has 1 aromatic carbocycles. The highest BCUT2D eigenvalue weighted by Gasteiger charge is 2.16. The first-order valence-corrected chi connectivity index (χ1v) is 10.3. The molecule has 2 amide bonds. The van der Waals surface area contributed by atoms with E-state index < -0.39 is 0 Å². The SMILES string of the molecule is Cl.Cl.O=C(CCC1CCNC1)Nc1cccc(NC(=O)CCN2CCCCC2)c1. The fourth-order valence-electron chi connectivity index (χ4n) is 3.86. The van der Waals surface area contributed by atoms with Gasteiger partial charge in [0, 0.05) is 30.8 Å². The molecule has 29 heavy (non-hydrogen) atoms. The number of nitrogens with zero attached hydrogens (tertiary/aromatic N) is 1. The molecular weight excluding hydrogens is 411 g/mol. The molecule has 2 aliphatic rings. The average molecular weight is 445 g/mol. The maximum Gasteiger partial charge on any atom is 0.225 e. The van der Waals surface area contributed by atoms with Crippen LogP contribution in [0.15, 0.2) is 24.3 Å². The topological polar surface area (TPSA) is 73.5 Å². The van der Waals surface area contributed by atoms with Crippen molar-refractivity contribution in [3.8, 4) is 0 Å². The Morgan fingerprint density at radius 2 is 1.66 bits per heavy atom. The Hall–Kier alpha value is -1.34. The molecule has 8 heteroatoms. The number of anilines is 2. The lowest BCUT2D eigenvalue weighted by molar-refractivity contribution is -0.117. The third kappa shape index (κ3) is 9.34. The number of amides is 2. The molecule has 3 N–H and O–H groups in total. The molecule has 0 aromatic heterocycles.